The van der Waals surface area contributed by atoms with Crippen LogP contribution in [0.3, 0.4) is 0 Å². The second kappa shape index (κ2) is 56.9. The van der Waals surface area contributed by atoms with E-state index in [1.807, 2.05) is 6.08 Å². The molecular weight excluding hydrogens is 1090 g/mol. The molecule has 2 rings (SSSR count). The highest BCUT2D eigenvalue weighted by Gasteiger charge is 2.51. The maximum Gasteiger partial charge on any atom is 0.220 e. The molecule has 86 heavy (non-hydrogen) atoms. The van der Waals surface area contributed by atoms with E-state index in [2.05, 4.69) is 55.6 Å². The number of hydrogen-bond donors (Lipinski definition) is 9. The number of hydrogen-bond acceptors (Lipinski definition) is 13. The Hall–Kier alpha value is -2.05. The van der Waals surface area contributed by atoms with Gasteiger partial charge < -0.3 is 65.1 Å². The Balaban J connectivity index is 1.68. The first-order chi connectivity index (χ1) is 42.1. The molecule has 14 heteroatoms. The van der Waals surface area contributed by atoms with Gasteiger partial charge in [0.25, 0.3) is 0 Å². The number of nitrogens with one attached hydrogen (secondary N) is 1. The van der Waals surface area contributed by atoms with Gasteiger partial charge in [-0.2, -0.15) is 0 Å². The highest BCUT2D eigenvalue weighted by Crippen LogP contribution is 2.30. The lowest BCUT2D eigenvalue weighted by Gasteiger charge is -2.46. The summed E-state index contributed by atoms with van der Waals surface area (Å²) in [4.78, 5) is 13.3. The normalized spacial score (nSPS) is 23.7. The van der Waals surface area contributed by atoms with Crippen LogP contribution in [0.1, 0.15) is 309 Å². The van der Waals surface area contributed by atoms with Gasteiger partial charge in [-0.25, -0.2) is 0 Å². The fourth-order valence-electron chi connectivity index (χ4n) is 11.8. The number of allylic oxidation sites excluding steroid dienone is 7. The second-order valence-electron chi connectivity index (χ2n) is 25.4. The average molecular weight is 1220 g/mol. The molecule has 9 N–H and O–H groups in total. The lowest BCUT2D eigenvalue weighted by molar-refractivity contribution is -0.359. The summed E-state index contributed by atoms with van der Waals surface area (Å²) in [5, 5.41) is 87.4. The van der Waals surface area contributed by atoms with Crippen molar-refractivity contribution >= 4 is 5.91 Å². The zero-order valence-corrected chi connectivity index (χ0v) is 54.8. The maximum absolute atomic E-state index is 13.3. The van der Waals surface area contributed by atoms with Crippen LogP contribution in [0.25, 0.3) is 0 Å². The van der Waals surface area contributed by atoms with Gasteiger partial charge in [-0.15, -0.1) is 0 Å². The third-order valence-electron chi connectivity index (χ3n) is 17.5. The van der Waals surface area contributed by atoms with Crippen molar-refractivity contribution in [2.24, 2.45) is 0 Å². The molecule has 0 bridgehead atoms. The molecule has 0 saturated carbocycles. The number of ether oxygens (including phenoxy) is 4. The number of aliphatic hydroxyl groups is 8. The Bertz CT molecular complexity index is 1630. The van der Waals surface area contributed by atoms with E-state index in [0.29, 0.717) is 12.8 Å². The average Bonchev–Trinajstić information content (AvgIpc) is 2.54. The molecule has 0 aromatic rings. The van der Waals surface area contributed by atoms with Crippen LogP contribution in [0.2, 0.25) is 0 Å². The number of unbranched alkanes of at least 4 members (excludes halogenated alkanes) is 40. The van der Waals surface area contributed by atoms with Crippen LogP contribution in [-0.4, -0.2) is 140 Å². The van der Waals surface area contributed by atoms with Gasteiger partial charge in [-0.1, -0.05) is 287 Å². The molecule has 2 aliphatic heterocycles. The minimum atomic E-state index is -1.79. The lowest BCUT2D eigenvalue weighted by Crippen LogP contribution is -2.65. The lowest BCUT2D eigenvalue weighted by atomic mass is 9.97. The van der Waals surface area contributed by atoms with Crippen molar-refractivity contribution < 1.29 is 64.6 Å². The molecule has 2 fully saturated rings. The summed E-state index contributed by atoms with van der Waals surface area (Å²) in [5.41, 5.74) is 0. The molecule has 2 aliphatic rings. The molecule has 1 amide bonds. The van der Waals surface area contributed by atoms with Crippen molar-refractivity contribution in [1.29, 1.82) is 0 Å². The predicted molar refractivity (Wildman–Crippen MR) is 351 cm³/mol. The Morgan fingerprint density at radius 2 is 0.779 bits per heavy atom. The zero-order chi connectivity index (χ0) is 62.3. The molecular formula is C72H133NO13. The van der Waals surface area contributed by atoms with Gasteiger partial charge in [0.05, 0.1) is 32.0 Å². The second-order valence-corrected chi connectivity index (χ2v) is 25.4. The fourth-order valence-corrected chi connectivity index (χ4v) is 11.8. The third-order valence-corrected chi connectivity index (χ3v) is 17.5. The quantitative estimate of drug-likeness (QED) is 0.0204. The SMILES string of the molecule is CCCCCCC/C=C\C/C=C\CCCCCCCCCCCC(=O)NC(COC1OC(CO)C(OC2OC(CO)C(O)C(O)C2O)C(O)C1O)C(O)/C=C/CC/C=C/CCCCCCCCCCCCCCCCCCCCCCCCCCC. The van der Waals surface area contributed by atoms with Gasteiger partial charge in [0.1, 0.15) is 48.8 Å². The monoisotopic (exact) mass is 1220 g/mol. The summed E-state index contributed by atoms with van der Waals surface area (Å²) >= 11 is 0. The Morgan fingerprint density at radius 1 is 0.419 bits per heavy atom. The van der Waals surface area contributed by atoms with Gasteiger partial charge in [0.15, 0.2) is 12.6 Å². The van der Waals surface area contributed by atoms with Gasteiger partial charge in [-0.05, 0) is 64.2 Å². The van der Waals surface area contributed by atoms with E-state index >= 15 is 0 Å². The molecule has 2 heterocycles. The molecule has 0 aromatic carbocycles. The number of rotatable bonds is 59. The van der Waals surface area contributed by atoms with E-state index in [-0.39, 0.29) is 18.9 Å². The maximum atomic E-state index is 13.3. The van der Waals surface area contributed by atoms with Crippen LogP contribution < -0.4 is 5.32 Å². The van der Waals surface area contributed by atoms with Gasteiger partial charge >= 0.3 is 0 Å². The zero-order valence-electron chi connectivity index (χ0n) is 54.8. The molecule has 12 atom stereocenters. The molecule has 12 unspecified atom stereocenters. The minimum absolute atomic E-state index is 0.251. The Morgan fingerprint density at radius 3 is 1.21 bits per heavy atom. The van der Waals surface area contributed by atoms with Gasteiger partial charge in [0.2, 0.25) is 5.91 Å². The first kappa shape index (κ1) is 80.0. The molecule has 14 nitrogen and oxygen atoms in total. The molecule has 504 valence electrons. The first-order valence-corrected chi connectivity index (χ1v) is 35.9. The van der Waals surface area contributed by atoms with Crippen LogP contribution in [0.5, 0.6) is 0 Å². The fraction of sp³-hybridized carbons (Fsp3) is 0.875. The van der Waals surface area contributed by atoms with Crippen LogP contribution in [0, 0.1) is 0 Å². The van der Waals surface area contributed by atoms with Crippen molar-refractivity contribution in [1.82, 2.24) is 5.32 Å². The van der Waals surface area contributed by atoms with Gasteiger partial charge in [0, 0.05) is 6.42 Å². The van der Waals surface area contributed by atoms with Crippen LogP contribution >= 0.6 is 0 Å². The number of amides is 1. The highest BCUT2D eigenvalue weighted by molar-refractivity contribution is 5.76. The summed E-state index contributed by atoms with van der Waals surface area (Å²) in [6, 6.07) is -0.936. The molecule has 0 aliphatic carbocycles. The molecule has 0 spiro atoms. The van der Waals surface area contributed by atoms with Crippen molar-refractivity contribution in [3.8, 4) is 0 Å². The van der Waals surface area contributed by atoms with Crippen LogP contribution in [0.4, 0.5) is 0 Å². The standard InChI is InChI=1S/C72H133NO13/c1-3-5-7-9-11-13-15-17-19-21-23-25-26-27-28-29-30-31-32-33-34-36-37-39-41-43-45-47-49-51-53-55-61(76)60(59-83-71-69(82)67(80)70(63(58-75)85-71)86-72-68(81)66(79)65(78)62(57-74)84-72)73-64(77)56-54-52-50-48-46-44-42-40-38-35-24-22-20-18-16-14-12-10-8-6-4-2/h16,18,22,24,45,47,53,55,60-63,65-72,74-76,78-82H,3-15,17,19-21,23,25-44,46,48-52,54,56-59H2,1-2H3,(H,73,77)/b18-16-,24-22-,47-45+,55-53+. The third kappa shape index (κ3) is 40.6. The Labute approximate surface area is 524 Å². The highest BCUT2D eigenvalue weighted by atomic mass is 16.7. The van der Waals surface area contributed by atoms with Crippen LogP contribution in [-0.2, 0) is 23.7 Å². The first-order valence-electron chi connectivity index (χ1n) is 35.9. The number of carbonyl (C=O) groups excluding carboxylic acids is 1. The van der Waals surface area contributed by atoms with E-state index in [1.165, 1.54) is 231 Å². The largest absolute Gasteiger partial charge is 0.394 e. The smallest absolute Gasteiger partial charge is 0.220 e. The number of aliphatic hydroxyl groups excluding tert-OH is 8. The van der Waals surface area contributed by atoms with E-state index in [9.17, 15) is 45.6 Å². The van der Waals surface area contributed by atoms with Crippen molar-refractivity contribution in [3.63, 3.8) is 0 Å². The molecule has 0 aromatic heterocycles. The minimum Gasteiger partial charge on any atom is -0.394 e. The summed E-state index contributed by atoms with van der Waals surface area (Å²) < 4.78 is 22.8. The molecule has 0 radical (unpaired) electrons. The van der Waals surface area contributed by atoms with E-state index < -0.39 is 86.8 Å². The van der Waals surface area contributed by atoms with Crippen LogP contribution in [0.15, 0.2) is 48.6 Å². The van der Waals surface area contributed by atoms with Crippen molar-refractivity contribution in [3.05, 3.63) is 48.6 Å². The van der Waals surface area contributed by atoms with Gasteiger partial charge in [-0.3, -0.25) is 4.79 Å². The summed E-state index contributed by atoms with van der Waals surface area (Å²) in [6.45, 7) is 2.81. The Kier molecular flexibility index (Phi) is 53.0. The predicted octanol–water partition coefficient (Wildman–Crippen LogP) is 14.7. The summed E-state index contributed by atoms with van der Waals surface area (Å²) in [6.07, 6.45) is 57.5. The van der Waals surface area contributed by atoms with E-state index in [1.54, 1.807) is 6.08 Å². The van der Waals surface area contributed by atoms with E-state index in [0.717, 1.165) is 44.9 Å². The van der Waals surface area contributed by atoms with Crippen molar-refractivity contribution in [2.75, 3.05) is 19.8 Å². The topological polar surface area (TPSA) is 228 Å². The number of carbonyl (C=O) groups is 1. The molecule has 2 saturated heterocycles. The van der Waals surface area contributed by atoms with E-state index in [4.69, 9.17) is 18.9 Å². The summed E-state index contributed by atoms with van der Waals surface area (Å²) in [7, 11) is 0. The van der Waals surface area contributed by atoms with Crippen molar-refractivity contribution in [2.45, 2.75) is 383 Å². The summed E-state index contributed by atoms with van der Waals surface area (Å²) in [5.74, 6) is -0.251.